The van der Waals surface area contributed by atoms with E-state index in [1.807, 2.05) is 36.5 Å². The Morgan fingerprint density at radius 1 is 0.486 bits per heavy atom. The first-order valence-electron chi connectivity index (χ1n) is 12.4. The number of oxazole rings is 1. The highest BCUT2D eigenvalue weighted by Gasteiger charge is 2.21. The lowest BCUT2D eigenvalue weighted by atomic mass is 10.1. The Hall–Kier alpha value is -5.09. The molecule has 0 radical (unpaired) electrons. The molecule has 0 unspecified atom stereocenters. The van der Waals surface area contributed by atoms with Crippen molar-refractivity contribution in [1.29, 1.82) is 0 Å². The van der Waals surface area contributed by atoms with Crippen LogP contribution >= 0.6 is 0 Å². The average Bonchev–Trinajstić information content (AvgIpc) is 3.66. The van der Waals surface area contributed by atoms with Gasteiger partial charge in [-0.3, -0.25) is 4.57 Å². The number of hydrogen-bond acceptors (Lipinski definition) is 2. The minimum absolute atomic E-state index is 0.614. The predicted octanol–water partition coefficient (Wildman–Crippen LogP) is 8.54. The molecule has 3 heterocycles. The van der Waals surface area contributed by atoms with Gasteiger partial charge in [0, 0.05) is 32.8 Å². The molecule has 8 rings (SSSR count). The first kappa shape index (κ1) is 20.1. The number of rotatable bonds is 3. The molecular formula is C33H21N3O. The van der Waals surface area contributed by atoms with Crippen LogP contribution in [0.25, 0.3) is 66.6 Å². The number of benzene rings is 5. The van der Waals surface area contributed by atoms with E-state index in [-0.39, 0.29) is 0 Å². The molecule has 0 N–H and O–H groups in total. The molecule has 0 fully saturated rings. The summed E-state index contributed by atoms with van der Waals surface area (Å²) in [5.74, 6) is 1.32. The Bertz CT molecular complexity index is 2080. The van der Waals surface area contributed by atoms with Crippen LogP contribution in [0.2, 0.25) is 0 Å². The number of hydrogen-bond donors (Lipinski definition) is 0. The van der Waals surface area contributed by atoms with Gasteiger partial charge in [-0.25, -0.2) is 4.98 Å². The van der Waals surface area contributed by atoms with Gasteiger partial charge in [-0.15, -0.1) is 0 Å². The van der Waals surface area contributed by atoms with Crippen molar-refractivity contribution in [1.82, 2.24) is 14.1 Å². The van der Waals surface area contributed by atoms with E-state index >= 15 is 0 Å². The lowest BCUT2D eigenvalue weighted by molar-refractivity contribution is 0.554. The van der Waals surface area contributed by atoms with Crippen LogP contribution in [-0.4, -0.2) is 14.1 Å². The molecule has 0 aliphatic carbocycles. The quantitative estimate of drug-likeness (QED) is 0.257. The molecule has 0 spiro atoms. The van der Waals surface area contributed by atoms with Crippen LogP contribution in [0.4, 0.5) is 0 Å². The Kier molecular flexibility index (Phi) is 4.19. The van der Waals surface area contributed by atoms with Crippen LogP contribution in [0.1, 0.15) is 0 Å². The number of para-hydroxylation sites is 3. The average molecular weight is 476 g/mol. The van der Waals surface area contributed by atoms with E-state index in [1.165, 1.54) is 32.6 Å². The first-order valence-corrected chi connectivity index (χ1v) is 12.4. The van der Waals surface area contributed by atoms with E-state index < -0.39 is 0 Å². The molecule has 174 valence electrons. The third-order valence-electron chi connectivity index (χ3n) is 7.22. The summed E-state index contributed by atoms with van der Waals surface area (Å²) in [6, 6.07) is 42.3. The molecule has 0 saturated carbocycles. The Labute approximate surface area is 212 Å². The lowest BCUT2D eigenvalue weighted by Crippen LogP contribution is -1.93. The largest absolute Gasteiger partial charge is 0.420 e. The monoisotopic (exact) mass is 475 g/mol. The van der Waals surface area contributed by atoms with Crippen molar-refractivity contribution in [3.05, 3.63) is 128 Å². The molecule has 8 aromatic rings. The normalized spacial score (nSPS) is 11.8. The highest BCUT2D eigenvalue weighted by atomic mass is 16.4. The topological polar surface area (TPSA) is 35.9 Å². The Morgan fingerprint density at radius 2 is 1.03 bits per heavy atom. The Morgan fingerprint density at radius 3 is 1.70 bits per heavy atom. The van der Waals surface area contributed by atoms with Gasteiger partial charge < -0.3 is 8.98 Å². The molecule has 37 heavy (non-hydrogen) atoms. The molecule has 0 bridgehead atoms. The van der Waals surface area contributed by atoms with Gasteiger partial charge in [0.1, 0.15) is 0 Å². The van der Waals surface area contributed by atoms with Crippen molar-refractivity contribution >= 4 is 43.6 Å². The fourth-order valence-corrected chi connectivity index (χ4v) is 5.69. The summed E-state index contributed by atoms with van der Waals surface area (Å²) < 4.78 is 10.9. The maximum Gasteiger partial charge on any atom is 0.228 e. The number of nitrogens with zero attached hydrogens (tertiary/aromatic N) is 3. The van der Waals surface area contributed by atoms with Crippen LogP contribution < -0.4 is 0 Å². The van der Waals surface area contributed by atoms with Gasteiger partial charge in [-0.05, 0) is 48.5 Å². The van der Waals surface area contributed by atoms with Crippen molar-refractivity contribution in [3.63, 3.8) is 0 Å². The summed E-state index contributed by atoms with van der Waals surface area (Å²) in [4.78, 5) is 4.62. The third-order valence-corrected chi connectivity index (χ3v) is 7.22. The Balaban J connectivity index is 1.50. The molecular weight excluding hydrogens is 454 g/mol. The zero-order chi connectivity index (χ0) is 24.3. The molecule has 3 aromatic heterocycles. The zero-order valence-corrected chi connectivity index (χ0v) is 19.9. The highest BCUT2D eigenvalue weighted by molar-refractivity contribution is 6.28. The van der Waals surface area contributed by atoms with Crippen LogP contribution in [0.15, 0.2) is 132 Å². The summed E-state index contributed by atoms with van der Waals surface area (Å²) in [5, 5.41) is 4.89. The van der Waals surface area contributed by atoms with Crippen molar-refractivity contribution in [2.75, 3.05) is 0 Å². The SMILES string of the molecule is c1ccc(-c2ncc(-n3c4ccccc4c4c5c6ccccc6n(-c6ccccc6)c5ccc43)o2)cc1. The van der Waals surface area contributed by atoms with Gasteiger partial charge in [0.05, 0.1) is 28.3 Å². The van der Waals surface area contributed by atoms with E-state index in [0.717, 1.165) is 22.3 Å². The van der Waals surface area contributed by atoms with Crippen molar-refractivity contribution in [2.45, 2.75) is 0 Å². The van der Waals surface area contributed by atoms with Gasteiger partial charge in [-0.1, -0.05) is 72.8 Å². The smallest absolute Gasteiger partial charge is 0.228 e. The third kappa shape index (κ3) is 2.87. The minimum atomic E-state index is 0.614. The van der Waals surface area contributed by atoms with Gasteiger partial charge >= 0.3 is 0 Å². The van der Waals surface area contributed by atoms with Gasteiger partial charge in [-0.2, -0.15) is 0 Å². The first-order chi connectivity index (χ1) is 18.4. The summed E-state index contributed by atoms with van der Waals surface area (Å²) >= 11 is 0. The highest BCUT2D eigenvalue weighted by Crippen LogP contribution is 2.42. The van der Waals surface area contributed by atoms with Gasteiger partial charge in [0.25, 0.3) is 0 Å². The lowest BCUT2D eigenvalue weighted by Gasteiger charge is -2.07. The standard InChI is InChI=1S/C33H21N3O/c1-3-11-22(12-4-1)33-34-21-30(37-33)36-27-18-10-8-16-25(27)32-29(36)20-19-28-31(32)24-15-7-9-17-26(24)35(28)23-13-5-2-6-14-23/h1-21H. The van der Waals surface area contributed by atoms with E-state index in [0.29, 0.717) is 11.8 Å². The van der Waals surface area contributed by atoms with Crippen molar-refractivity contribution in [2.24, 2.45) is 0 Å². The second kappa shape index (κ2) is 7.70. The summed E-state index contributed by atoms with van der Waals surface area (Å²) in [7, 11) is 0. The molecule has 0 aliphatic rings. The summed E-state index contributed by atoms with van der Waals surface area (Å²) in [6.07, 6.45) is 1.83. The minimum Gasteiger partial charge on any atom is -0.420 e. The van der Waals surface area contributed by atoms with Gasteiger partial charge in [0.2, 0.25) is 11.8 Å². The van der Waals surface area contributed by atoms with E-state index in [4.69, 9.17) is 4.42 Å². The maximum absolute atomic E-state index is 6.35. The molecule has 0 saturated heterocycles. The predicted molar refractivity (Wildman–Crippen MR) is 151 cm³/mol. The van der Waals surface area contributed by atoms with Crippen molar-refractivity contribution in [3.8, 4) is 23.0 Å². The summed E-state index contributed by atoms with van der Waals surface area (Å²) in [5.41, 5.74) is 6.68. The molecule has 5 aromatic carbocycles. The fourth-order valence-electron chi connectivity index (χ4n) is 5.69. The zero-order valence-electron chi connectivity index (χ0n) is 19.9. The second-order valence-electron chi connectivity index (χ2n) is 9.26. The van der Waals surface area contributed by atoms with E-state index in [9.17, 15) is 0 Å². The maximum atomic E-state index is 6.35. The molecule has 0 aliphatic heterocycles. The fraction of sp³-hybridized carbons (Fsp3) is 0. The number of aromatic nitrogens is 3. The van der Waals surface area contributed by atoms with Crippen LogP contribution in [0.5, 0.6) is 0 Å². The molecule has 4 heteroatoms. The number of fused-ring (bicyclic) bond motifs is 7. The summed E-state index contributed by atoms with van der Waals surface area (Å²) in [6.45, 7) is 0. The molecule has 0 amide bonds. The van der Waals surface area contributed by atoms with E-state index in [2.05, 4.69) is 105 Å². The molecule has 4 nitrogen and oxygen atoms in total. The van der Waals surface area contributed by atoms with Crippen molar-refractivity contribution < 1.29 is 4.42 Å². The van der Waals surface area contributed by atoms with Gasteiger partial charge in [0.15, 0.2) is 0 Å². The van der Waals surface area contributed by atoms with Crippen LogP contribution in [0, 0.1) is 0 Å². The van der Waals surface area contributed by atoms with E-state index in [1.54, 1.807) is 0 Å². The molecule has 0 atom stereocenters. The second-order valence-corrected chi connectivity index (χ2v) is 9.26. The van der Waals surface area contributed by atoms with Crippen LogP contribution in [0.3, 0.4) is 0 Å². The van der Waals surface area contributed by atoms with Crippen LogP contribution in [-0.2, 0) is 0 Å².